The van der Waals surface area contributed by atoms with Crippen LogP contribution in [0.25, 0.3) is 10.2 Å². The lowest BCUT2D eigenvalue weighted by molar-refractivity contribution is 0.0744. The van der Waals surface area contributed by atoms with Gasteiger partial charge in [0.2, 0.25) is 0 Å². The molecule has 0 atom stereocenters. The molecule has 5 nitrogen and oxygen atoms in total. The van der Waals surface area contributed by atoms with Crippen molar-refractivity contribution in [2.24, 2.45) is 0 Å². The minimum atomic E-state index is -0.289. The number of fused-ring (bicyclic) bond motifs is 2. The zero-order valence-electron chi connectivity index (χ0n) is 17.4. The third-order valence-electron chi connectivity index (χ3n) is 5.71. The standard InChI is InChI=1S/C23H26FN3O2S/c1-3-4-5-12-26(14-16-8-10-17(24)11-9-16)23(29)20-15(2)19-21(30-20)25-18-7-6-13-27(18)22(19)28/h8-11H,3-7,12-14H2,1-2H3. The number of hydrogen-bond donors (Lipinski definition) is 0. The quantitative estimate of drug-likeness (QED) is 0.514. The molecule has 0 saturated carbocycles. The van der Waals surface area contributed by atoms with Crippen LogP contribution in [-0.2, 0) is 19.5 Å². The van der Waals surface area contributed by atoms with Crippen LogP contribution in [0.4, 0.5) is 4.39 Å². The van der Waals surface area contributed by atoms with Gasteiger partial charge >= 0.3 is 0 Å². The van der Waals surface area contributed by atoms with Crippen LogP contribution in [-0.4, -0.2) is 26.9 Å². The molecule has 1 amide bonds. The van der Waals surface area contributed by atoms with Gasteiger partial charge in [-0.05, 0) is 43.0 Å². The van der Waals surface area contributed by atoms with E-state index in [9.17, 15) is 14.0 Å². The van der Waals surface area contributed by atoms with Crippen molar-refractivity contribution in [3.63, 3.8) is 0 Å². The van der Waals surface area contributed by atoms with Gasteiger partial charge in [0, 0.05) is 26.1 Å². The summed E-state index contributed by atoms with van der Waals surface area (Å²) in [6, 6.07) is 6.26. The van der Waals surface area contributed by atoms with Gasteiger partial charge in [-0.2, -0.15) is 0 Å². The van der Waals surface area contributed by atoms with Crippen molar-refractivity contribution in [1.82, 2.24) is 14.5 Å². The zero-order valence-corrected chi connectivity index (χ0v) is 18.2. The van der Waals surface area contributed by atoms with Gasteiger partial charge in [0.25, 0.3) is 11.5 Å². The Kier molecular flexibility index (Phi) is 5.99. The number of thiophene rings is 1. The fraction of sp³-hybridized carbons (Fsp3) is 0.435. The summed E-state index contributed by atoms with van der Waals surface area (Å²) < 4.78 is 15.0. The van der Waals surface area contributed by atoms with E-state index in [1.54, 1.807) is 16.7 Å². The van der Waals surface area contributed by atoms with E-state index < -0.39 is 0 Å². The van der Waals surface area contributed by atoms with Crippen molar-refractivity contribution in [2.45, 2.75) is 59.0 Å². The summed E-state index contributed by atoms with van der Waals surface area (Å²) in [5, 5.41) is 0.573. The molecule has 30 heavy (non-hydrogen) atoms. The average molecular weight is 428 g/mol. The average Bonchev–Trinajstić information content (AvgIpc) is 3.33. The highest BCUT2D eigenvalue weighted by Gasteiger charge is 2.26. The highest BCUT2D eigenvalue weighted by molar-refractivity contribution is 7.20. The van der Waals surface area contributed by atoms with Gasteiger partial charge in [-0.25, -0.2) is 9.37 Å². The number of hydrogen-bond acceptors (Lipinski definition) is 4. The zero-order chi connectivity index (χ0) is 21.3. The van der Waals surface area contributed by atoms with Crippen molar-refractivity contribution in [2.75, 3.05) is 6.54 Å². The second-order valence-corrected chi connectivity index (χ2v) is 8.88. The number of benzene rings is 1. The first-order valence-electron chi connectivity index (χ1n) is 10.6. The molecule has 2 aromatic heterocycles. The van der Waals surface area contributed by atoms with Crippen molar-refractivity contribution in [3.8, 4) is 0 Å². The summed E-state index contributed by atoms with van der Waals surface area (Å²) in [6.45, 7) is 5.71. The highest BCUT2D eigenvalue weighted by Crippen LogP contribution is 2.30. The predicted molar refractivity (Wildman–Crippen MR) is 118 cm³/mol. The van der Waals surface area contributed by atoms with Gasteiger partial charge in [0.1, 0.15) is 16.5 Å². The van der Waals surface area contributed by atoms with Crippen LogP contribution in [0.1, 0.15) is 59.2 Å². The molecule has 1 aliphatic rings. The number of carbonyl (C=O) groups excluding carboxylic acids is 1. The molecule has 0 N–H and O–H groups in total. The number of rotatable bonds is 7. The molecule has 1 aliphatic heterocycles. The molecule has 158 valence electrons. The van der Waals surface area contributed by atoms with Crippen LogP contribution in [0.15, 0.2) is 29.1 Å². The number of aromatic nitrogens is 2. The Morgan fingerprint density at radius 3 is 2.77 bits per heavy atom. The lowest BCUT2D eigenvalue weighted by Gasteiger charge is -2.22. The van der Waals surface area contributed by atoms with Crippen molar-refractivity contribution in [1.29, 1.82) is 0 Å². The van der Waals surface area contributed by atoms with Crippen molar-refractivity contribution in [3.05, 3.63) is 62.3 Å². The van der Waals surface area contributed by atoms with Gasteiger partial charge < -0.3 is 4.90 Å². The largest absolute Gasteiger partial charge is 0.334 e. The van der Waals surface area contributed by atoms with Gasteiger partial charge in [-0.15, -0.1) is 11.3 Å². The summed E-state index contributed by atoms with van der Waals surface area (Å²) in [7, 11) is 0. The monoisotopic (exact) mass is 427 g/mol. The molecule has 7 heteroatoms. The Hall–Kier alpha value is -2.54. The lowest BCUT2D eigenvalue weighted by Crippen LogP contribution is -2.31. The van der Waals surface area contributed by atoms with Crippen LogP contribution in [0.2, 0.25) is 0 Å². The molecule has 0 fully saturated rings. The maximum Gasteiger partial charge on any atom is 0.264 e. The topological polar surface area (TPSA) is 55.2 Å². The van der Waals surface area contributed by atoms with Gasteiger partial charge in [-0.3, -0.25) is 14.2 Å². The second-order valence-electron chi connectivity index (χ2n) is 7.88. The van der Waals surface area contributed by atoms with E-state index in [0.29, 0.717) is 34.7 Å². The van der Waals surface area contributed by atoms with Crippen LogP contribution in [0.5, 0.6) is 0 Å². The molecule has 3 heterocycles. The van der Waals surface area contributed by atoms with Gasteiger partial charge in [0.05, 0.1) is 10.3 Å². The summed E-state index contributed by atoms with van der Waals surface area (Å²) in [4.78, 5) is 34.2. The fourth-order valence-corrected chi connectivity index (χ4v) is 5.20. The summed E-state index contributed by atoms with van der Waals surface area (Å²) in [5.41, 5.74) is 1.58. The van der Waals surface area contributed by atoms with E-state index in [2.05, 4.69) is 11.9 Å². The fourth-order valence-electron chi connectivity index (χ4n) is 4.04. The lowest BCUT2D eigenvalue weighted by atomic mass is 10.1. The Balaban J connectivity index is 1.68. The number of nitrogens with zero attached hydrogens (tertiary/aromatic N) is 3. The van der Waals surface area contributed by atoms with E-state index in [4.69, 9.17) is 0 Å². The molecule has 1 aromatic carbocycles. The molecule has 4 rings (SSSR count). The molecular weight excluding hydrogens is 401 g/mol. The number of unbranched alkanes of at least 4 members (excludes halogenated alkanes) is 2. The number of aryl methyl sites for hydroxylation is 2. The molecule has 0 unspecified atom stereocenters. The first-order valence-corrected chi connectivity index (χ1v) is 11.4. The summed E-state index contributed by atoms with van der Waals surface area (Å²) >= 11 is 1.32. The van der Waals surface area contributed by atoms with Gasteiger partial charge in [0.15, 0.2) is 0 Å². The van der Waals surface area contributed by atoms with Gasteiger partial charge in [-0.1, -0.05) is 31.9 Å². The summed E-state index contributed by atoms with van der Waals surface area (Å²) in [5.74, 6) is 0.446. The molecule has 3 aromatic rings. The van der Waals surface area contributed by atoms with Crippen LogP contribution in [0.3, 0.4) is 0 Å². The number of carbonyl (C=O) groups is 1. The summed E-state index contributed by atoms with van der Waals surface area (Å²) in [6.07, 6.45) is 4.75. The minimum absolute atomic E-state index is 0.0311. The second kappa shape index (κ2) is 8.68. The molecule has 0 saturated heterocycles. The molecule has 0 bridgehead atoms. The van der Waals surface area contributed by atoms with Crippen LogP contribution in [0, 0.1) is 12.7 Å². The molecule has 0 spiro atoms. The third kappa shape index (κ3) is 3.90. The maximum atomic E-state index is 13.5. The predicted octanol–water partition coefficient (Wildman–Crippen LogP) is 4.68. The molecular formula is C23H26FN3O2S. The first kappa shape index (κ1) is 20.7. The Labute approximate surface area is 179 Å². The number of halogens is 1. The SMILES string of the molecule is CCCCCN(Cc1ccc(F)cc1)C(=O)c1sc2nc3n(c(=O)c2c1C)CCC3. The van der Waals surface area contributed by atoms with Crippen LogP contribution < -0.4 is 5.56 Å². The van der Waals surface area contributed by atoms with E-state index >= 15 is 0 Å². The van der Waals surface area contributed by atoms with Crippen molar-refractivity contribution < 1.29 is 9.18 Å². The van der Waals surface area contributed by atoms with E-state index in [1.807, 2.05) is 11.8 Å². The van der Waals surface area contributed by atoms with E-state index in [-0.39, 0.29) is 17.3 Å². The first-order chi connectivity index (χ1) is 14.5. The Morgan fingerprint density at radius 1 is 1.27 bits per heavy atom. The molecule has 0 radical (unpaired) electrons. The van der Waals surface area contributed by atoms with E-state index in [1.165, 1.54) is 23.5 Å². The normalized spacial score (nSPS) is 13.0. The Morgan fingerprint density at radius 2 is 2.03 bits per heavy atom. The minimum Gasteiger partial charge on any atom is -0.334 e. The van der Waals surface area contributed by atoms with E-state index in [0.717, 1.165) is 49.1 Å². The maximum absolute atomic E-state index is 13.5. The Bertz CT molecular complexity index is 1130. The molecule has 0 aliphatic carbocycles. The van der Waals surface area contributed by atoms with Crippen LogP contribution >= 0.6 is 11.3 Å². The number of amides is 1. The smallest absolute Gasteiger partial charge is 0.264 e. The third-order valence-corrected chi connectivity index (χ3v) is 6.88. The van der Waals surface area contributed by atoms with Crippen molar-refractivity contribution >= 4 is 27.5 Å². The highest BCUT2D eigenvalue weighted by atomic mass is 32.1.